The number of rotatable bonds is 4. The Hall–Kier alpha value is -6.17. The molecule has 0 atom stereocenters. The van der Waals surface area contributed by atoms with E-state index in [0.717, 1.165) is 55.0 Å². The molecule has 0 radical (unpaired) electrons. The van der Waals surface area contributed by atoms with Gasteiger partial charge >= 0.3 is 0 Å². The molecule has 48 heavy (non-hydrogen) atoms. The zero-order chi connectivity index (χ0) is 31.6. The highest BCUT2D eigenvalue weighted by Crippen LogP contribution is 2.40. The molecule has 224 valence electrons. The van der Waals surface area contributed by atoms with Crippen LogP contribution in [-0.2, 0) is 0 Å². The molecule has 0 spiro atoms. The lowest BCUT2D eigenvalue weighted by molar-refractivity contribution is 0.672. The summed E-state index contributed by atoms with van der Waals surface area (Å²) >= 11 is 1.79. The van der Waals surface area contributed by atoms with Gasteiger partial charge in [0.15, 0.2) is 17.5 Å². The van der Waals surface area contributed by atoms with E-state index < -0.39 is 0 Å². The third-order valence-electron chi connectivity index (χ3n) is 9.15. The number of hydrogen-bond acceptors (Lipinski definition) is 5. The molecular formula is C43H25N3OS. The van der Waals surface area contributed by atoms with Crippen molar-refractivity contribution in [3.05, 3.63) is 152 Å². The fourth-order valence-electron chi connectivity index (χ4n) is 6.80. The van der Waals surface area contributed by atoms with Crippen LogP contribution in [0.25, 0.3) is 98.2 Å². The molecule has 3 aromatic heterocycles. The smallest absolute Gasteiger partial charge is 0.164 e. The predicted octanol–water partition coefficient (Wildman–Crippen LogP) is 12.0. The molecular weight excluding hydrogens is 607 g/mol. The fourth-order valence-corrected chi connectivity index (χ4v) is 7.95. The van der Waals surface area contributed by atoms with E-state index in [1.807, 2.05) is 18.2 Å². The monoisotopic (exact) mass is 631 g/mol. The van der Waals surface area contributed by atoms with E-state index in [9.17, 15) is 0 Å². The molecule has 3 heterocycles. The summed E-state index contributed by atoms with van der Waals surface area (Å²) in [5, 5.41) is 6.79. The Balaban J connectivity index is 1.19. The van der Waals surface area contributed by atoms with E-state index in [4.69, 9.17) is 19.4 Å². The summed E-state index contributed by atoms with van der Waals surface area (Å²) in [7, 11) is 0. The third-order valence-corrected chi connectivity index (χ3v) is 10.3. The molecule has 4 nitrogen and oxygen atoms in total. The van der Waals surface area contributed by atoms with Gasteiger partial charge in [0.05, 0.1) is 0 Å². The lowest BCUT2D eigenvalue weighted by atomic mass is 10.0. The summed E-state index contributed by atoms with van der Waals surface area (Å²) in [6.45, 7) is 0. The Kier molecular flexibility index (Phi) is 6.01. The van der Waals surface area contributed by atoms with Crippen LogP contribution in [0.2, 0.25) is 0 Å². The Morgan fingerprint density at radius 3 is 1.94 bits per heavy atom. The second-order valence-electron chi connectivity index (χ2n) is 12.0. The Labute approximate surface area is 279 Å². The maximum Gasteiger partial charge on any atom is 0.164 e. The van der Waals surface area contributed by atoms with Crippen molar-refractivity contribution in [2.75, 3.05) is 0 Å². The van der Waals surface area contributed by atoms with Gasteiger partial charge in [0.1, 0.15) is 11.2 Å². The Morgan fingerprint density at radius 1 is 0.417 bits per heavy atom. The van der Waals surface area contributed by atoms with Crippen molar-refractivity contribution < 1.29 is 4.42 Å². The standard InChI is InChI=1S/C43H25N3OS/c1-2-9-26(10-3-1)27-17-19-29(20-18-27)41-44-42(30-22-23-33-32-13-6-7-16-37(32)48-38(33)25-30)46-43(45-41)35-14-8-15-36-39(35)34-24-21-28-11-4-5-12-31(28)40(34)47-36/h1-25H. The van der Waals surface area contributed by atoms with Crippen molar-refractivity contribution in [2.24, 2.45) is 0 Å². The number of fused-ring (bicyclic) bond motifs is 8. The number of hydrogen-bond donors (Lipinski definition) is 0. The summed E-state index contributed by atoms with van der Waals surface area (Å²) in [5.41, 5.74) is 6.79. The van der Waals surface area contributed by atoms with Crippen LogP contribution in [0, 0.1) is 0 Å². The number of thiophene rings is 1. The number of benzene rings is 7. The van der Waals surface area contributed by atoms with Gasteiger partial charge in [-0.05, 0) is 40.8 Å². The van der Waals surface area contributed by atoms with Crippen LogP contribution >= 0.6 is 11.3 Å². The van der Waals surface area contributed by atoms with E-state index in [1.165, 1.54) is 25.7 Å². The quantitative estimate of drug-likeness (QED) is 0.194. The van der Waals surface area contributed by atoms with Crippen molar-refractivity contribution >= 4 is 64.2 Å². The first-order chi connectivity index (χ1) is 23.8. The molecule has 0 bridgehead atoms. The normalized spacial score (nSPS) is 11.8. The van der Waals surface area contributed by atoms with E-state index in [-0.39, 0.29) is 0 Å². The van der Waals surface area contributed by atoms with Crippen molar-refractivity contribution in [1.29, 1.82) is 0 Å². The van der Waals surface area contributed by atoms with Gasteiger partial charge in [-0.3, -0.25) is 0 Å². The van der Waals surface area contributed by atoms with E-state index in [2.05, 4.69) is 133 Å². The largest absolute Gasteiger partial charge is 0.455 e. The van der Waals surface area contributed by atoms with Crippen LogP contribution in [-0.4, -0.2) is 15.0 Å². The summed E-state index contributed by atoms with van der Waals surface area (Å²) in [6, 6.07) is 52.7. The molecule has 0 N–H and O–H groups in total. The molecule has 5 heteroatoms. The van der Waals surface area contributed by atoms with Gasteiger partial charge in [-0.15, -0.1) is 11.3 Å². The zero-order valence-electron chi connectivity index (χ0n) is 25.6. The van der Waals surface area contributed by atoms with Crippen LogP contribution in [0.4, 0.5) is 0 Å². The number of nitrogens with zero attached hydrogens (tertiary/aromatic N) is 3. The van der Waals surface area contributed by atoms with Crippen LogP contribution in [0.5, 0.6) is 0 Å². The van der Waals surface area contributed by atoms with Gasteiger partial charge in [-0.1, -0.05) is 127 Å². The zero-order valence-corrected chi connectivity index (χ0v) is 26.4. The maximum atomic E-state index is 6.52. The molecule has 0 saturated heterocycles. The van der Waals surface area contributed by atoms with Gasteiger partial charge in [-0.2, -0.15) is 0 Å². The highest BCUT2D eigenvalue weighted by atomic mass is 32.1. The van der Waals surface area contributed by atoms with Crippen LogP contribution < -0.4 is 0 Å². The highest BCUT2D eigenvalue weighted by molar-refractivity contribution is 7.25. The van der Waals surface area contributed by atoms with Crippen molar-refractivity contribution in [3.63, 3.8) is 0 Å². The van der Waals surface area contributed by atoms with Crippen LogP contribution in [0.3, 0.4) is 0 Å². The molecule has 0 amide bonds. The van der Waals surface area contributed by atoms with Crippen molar-refractivity contribution in [1.82, 2.24) is 15.0 Å². The molecule has 0 aliphatic rings. The number of furan rings is 1. The summed E-state index contributed by atoms with van der Waals surface area (Å²) < 4.78 is 9.00. The fraction of sp³-hybridized carbons (Fsp3) is 0. The molecule has 10 rings (SSSR count). The average molecular weight is 632 g/mol. The SMILES string of the molecule is c1ccc(-c2ccc(-c3nc(-c4ccc5c(c4)sc4ccccc45)nc(-c4cccc5oc6c7ccccc7ccc6c45)n3)cc2)cc1. The third kappa shape index (κ3) is 4.33. The molecule has 7 aromatic carbocycles. The van der Waals surface area contributed by atoms with Crippen molar-refractivity contribution in [2.45, 2.75) is 0 Å². The van der Waals surface area contributed by atoms with Crippen molar-refractivity contribution in [3.8, 4) is 45.3 Å². The van der Waals surface area contributed by atoms with E-state index in [1.54, 1.807) is 11.3 Å². The summed E-state index contributed by atoms with van der Waals surface area (Å²) in [5.74, 6) is 1.87. The molecule has 0 saturated carbocycles. The molecule has 0 unspecified atom stereocenters. The molecule has 0 fully saturated rings. The van der Waals surface area contributed by atoms with Crippen LogP contribution in [0.1, 0.15) is 0 Å². The molecule has 0 aliphatic heterocycles. The topological polar surface area (TPSA) is 51.8 Å². The second-order valence-corrected chi connectivity index (χ2v) is 13.1. The minimum Gasteiger partial charge on any atom is -0.455 e. The maximum absolute atomic E-state index is 6.52. The van der Waals surface area contributed by atoms with Gasteiger partial charge < -0.3 is 4.42 Å². The van der Waals surface area contributed by atoms with Gasteiger partial charge in [0.2, 0.25) is 0 Å². The number of aromatic nitrogens is 3. The summed E-state index contributed by atoms with van der Waals surface area (Å²) in [6.07, 6.45) is 0. The minimum absolute atomic E-state index is 0.611. The van der Waals surface area contributed by atoms with E-state index >= 15 is 0 Å². The van der Waals surface area contributed by atoms with E-state index in [0.29, 0.717) is 17.5 Å². The lowest BCUT2D eigenvalue weighted by Gasteiger charge is -2.10. The lowest BCUT2D eigenvalue weighted by Crippen LogP contribution is -2.00. The highest BCUT2D eigenvalue weighted by Gasteiger charge is 2.19. The van der Waals surface area contributed by atoms with Gasteiger partial charge in [0, 0.05) is 53.0 Å². The van der Waals surface area contributed by atoms with Crippen LogP contribution in [0.15, 0.2) is 156 Å². The summed E-state index contributed by atoms with van der Waals surface area (Å²) in [4.78, 5) is 15.4. The Morgan fingerprint density at radius 2 is 1.06 bits per heavy atom. The average Bonchev–Trinajstić information content (AvgIpc) is 3.73. The molecule has 0 aliphatic carbocycles. The first kappa shape index (κ1) is 27.0. The van der Waals surface area contributed by atoms with Gasteiger partial charge in [0.25, 0.3) is 0 Å². The van der Waals surface area contributed by atoms with Gasteiger partial charge in [-0.25, -0.2) is 15.0 Å². The Bertz CT molecular complexity index is 2830. The predicted molar refractivity (Wildman–Crippen MR) is 199 cm³/mol. The first-order valence-corrected chi connectivity index (χ1v) is 16.8. The first-order valence-electron chi connectivity index (χ1n) is 15.9. The molecule has 10 aromatic rings. The minimum atomic E-state index is 0.611. The second kappa shape index (κ2) is 10.7.